The molecule has 1 fully saturated rings. The van der Waals surface area contributed by atoms with E-state index < -0.39 is 6.17 Å². The van der Waals surface area contributed by atoms with Crippen molar-refractivity contribution in [2.24, 2.45) is 18.4 Å². The van der Waals surface area contributed by atoms with Gasteiger partial charge in [0.15, 0.2) is 6.17 Å². The number of carbonyl (C=O) groups is 1. The van der Waals surface area contributed by atoms with Gasteiger partial charge in [-0.2, -0.15) is 5.10 Å². The highest BCUT2D eigenvalue weighted by atomic mass is 16.5. The van der Waals surface area contributed by atoms with Gasteiger partial charge in [-0.05, 0) is 69.2 Å². The Hall–Kier alpha value is -3.17. The summed E-state index contributed by atoms with van der Waals surface area (Å²) in [4.78, 5) is 13.0. The van der Waals surface area contributed by atoms with E-state index in [1.54, 1.807) is 19.3 Å². The van der Waals surface area contributed by atoms with Crippen molar-refractivity contribution in [3.05, 3.63) is 58.9 Å². The van der Waals surface area contributed by atoms with Crippen LogP contribution in [0.2, 0.25) is 0 Å². The Bertz CT molecular complexity index is 1110. The van der Waals surface area contributed by atoms with Crippen molar-refractivity contribution in [2.75, 3.05) is 5.43 Å². The Labute approximate surface area is 200 Å². The van der Waals surface area contributed by atoms with Gasteiger partial charge in [-0.1, -0.05) is 31.1 Å². The number of nitrogens with zero attached hydrogens (tertiary/aromatic N) is 3. The van der Waals surface area contributed by atoms with Crippen molar-refractivity contribution >= 4 is 11.6 Å². The second kappa shape index (κ2) is 9.60. The van der Waals surface area contributed by atoms with Gasteiger partial charge in [0.05, 0.1) is 11.4 Å². The lowest BCUT2D eigenvalue weighted by Crippen LogP contribution is -3.18. The van der Waals surface area contributed by atoms with Gasteiger partial charge in [-0.3, -0.25) is 20.0 Å². The van der Waals surface area contributed by atoms with Gasteiger partial charge < -0.3 is 9.73 Å². The van der Waals surface area contributed by atoms with Gasteiger partial charge in [-0.15, -0.1) is 0 Å². The van der Waals surface area contributed by atoms with Gasteiger partial charge in [-0.25, -0.2) is 5.43 Å². The maximum Gasteiger partial charge on any atom is 0.274 e. The topological polar surface area (TPSA) is 112 Å². The Kier molecular flexibility index (Phi) is 6.77. The van der Waals surface area contributed by atoms with E-state index in [2.05, 4.69) is 34.8 Å². The summed E-state index contributed by atoms with van der Waals surface area (Å²) in [6, 6.07) is 9.27. The molecule has 4 rings (SSSR count). The normalized spacial score (nSPS) is 22.2. The number of aromatic nitrogens is 3. The largest absolute Gasteiger partial charge is 0.606 e. The minimum atomic E-state index is -0.662. The highest BCUT2D eigenvalue weighted by Crippen LogP contribution is 2.39. The summed E-state index contributed by atoms with van der Waals surface area (Å²) in [6.07, 6.45) is 4.74. The van der Waals surface area contributed by atoms with Gasteiger partial charge >= 0.3 is 0 Å². The van der Waals surface area contributed by atoms with Crippen molar-refractivity contribution in [1.29, 1.82) is 0 Å². The second-order valence-electron chi connectivity index (χ2n) is 9.85. The molecule has 0 saturated heterocycles. The molecule has 2 heterocycles. The van der Waals surface area contributed by atoms with Gasteiger partial charge in [0.1, 0.15) is 11.5 Å². The van der Waals surface area contributed by atoms with Crippen LogP contribution in [-0.2, 0) is 7.05 Å². The van der Waals surface area contributed by atoms with Crippen LogP contribution in [0.4, 0.5) is 5.69 Å². The Morgan fingerprint density at radius 2 is 1.91 bits per heavy atom. The van der Waals surface area contributed by atoms with Crippen LogP contribution in [0.15, 0.2) is 41.1 Å². The number of quaternary nitrogens is 1. The lowest BCUT2D eigenvalue weighted by molar-refractivity contribution is -0.865. The number of amides is 1. The highest BCUT2D eigenvalue weighted by Gasteiger charge is 2.43. The molecule has 1 aromatic carbocycles. The fourth-order valence-electron chi connectivity index (χ4n) is 4.90. The zero-order valence-electron chi connectivity index (χ0n) is 20.5. The SMILES string of the molecule is Cc1noc(C)c1-c1ccc(N[NH+]([O-])[C@@H](NC(=O)c2ccnn2C)C2(C)CCC(C)CC2)cc1. The number of aryl methyl sites for hydroxylation is 3. The van der Waals surface area contributed by atoms with E-state index in [0.717, 1.165) is 48.3 Å². The molecular weight excluding hydrogens is 432 g/mol. The third kappa shape index (κ3) is 4.85. The molecule has 0 aliphatic heterocycles. The van der Waals surface area contributed by atoms with E-state index in [0.29, 0.717) is 17.3 Å². The first kappa shape index (κ1) is 24.0. The number of hydrogen-bond acceptors (Lipinski definition) is 6. The first-order valence-corrected chi connectivity index (χ1v) is 11.8. The molecule has 1 saturated carbocycles. The molecule has 1 amide bonds. The van der Waals surface area contributed by atoms with Crippen LogP contribution in [0.25, 0.3) is 11.1 Å². The van der Waals surface area contributed by atoms with E-state index in [9.17, 15) is 10.0 Å². The van der Waals surface area contributed by atoms with Crippen LogP contribution in [0.3, 0.4) is 0 Å². The van der Waals surface area contributed by atoms with Crippen LogP contribution in [-0.4, -0.2) is 27.0 Å². The first-order chi connectivity index (χ1) is 16.2. The monoisotopic (exact) mass is 466 g/mol. The zero-order valence-corrected chi connectivity index (χ0v) is 20.5. The van der Waals surface area contributed by atoms with Crippen molar-refractivity contribution in [2.45, 2.75) is 59.5 Å². The molecule has 2 atom stereocenters. The third-order valence-electron chi connectivity index (χ3n) is 7.18. The lowest BCUT2D eigenvalue weighted by atomic mass is 9.70. The fraction of sp³-hybridized carbons (Fsp3) is 0.480. The molecule has 1 aliphatic rings. The molecule has 3 N–H and O–H groups in total. The van der Waals surface area contributed by atoms with Gasteiger partial charge in [0.25, 0.3) is 5.91 Å². The van der Waals surface area contributed by atoms with Crippen molar-refractivity contribution in [1.82, 2.24) is 20.3 Å². The Balaban J connectivity index is 1.54. The number of rotatable bonds is 7. The second-order valence-corrected chi connectivity index (χ2v) is 9.85. The van der Waals surface area contributed by atoms with E-state index in [4.69, 9.17) is 4.52 Å². The maximum atomic E-state index is 13.5. The molecule has 0 radical (unpaired) electrons. The molecule has 3 aromatic rings. The summed E-state index contributed by atoms with van der Waals surface area (Å²) in [7, 11) is 1.72. The van der Waals surface area contributed by atoms with E-state index in [1.807, 2.05) is 38.1 Å². The number of anilines is 1. The van der Waals surface area contributed by atoms with Crippen LogP contribution >= 0.6 is 0 Å². The van der Waals surface area contributed by atoms with E-state index in [1.165, 1.54) is 4.68 Å². The van der Waals surface area contributed by atoms with Crippen molar-refractivity contribution < 1.29 is 14.5 Å². The quantitative estimate of drug-likeness (QED) is 0.364. The summed E-state index contributed by atoms with van der Waals surface area (Å²) in [5, 5.41) is 24.4. The number of nitrogens with one attached hydrogen (secondary N) is 3. The molecule has 1 unspecified atom stereocenters. The van der Waals surface area contributed by atoms with E-state index >= 15 is 0 Å². The predicted molar refractivity (Wildman–Crippen MR) is 130 cm³/mol. The average molecular weight is 467 g/mol. The maximum absolute atomic E-state index is 13.5. The van der Waals surface area contributed by atoms with Crippen molar-refractivity contribution in [3.8, 4) is 11.1 Å². The number of carbonyl (C=O) groups excluding carboxylic acids is 1. The van der Waals surface area contributed by atoms with Gasteiger partial charge in [0, 0.05) is 24.2 Å². The fourth-order valence-corrected chi connectivity index (χ4v) is 4.90. The zero-order chi connectivity index (χ0) is 24.5. The predicted octanol–water partition coefficient (Wildman–Crippen LogP) is 3.37. The summed E-state index contributed by atoms with van der Waals surface area (Å²) in [5.74, 6) is 1.09. The summed E-state index contributed by atoms with van der Waals surface area (Å²) in [6.45, 7) is 8.13. The minimum absolute atomic E-state index is 0.210. The number of hydroxylamine groups is 1. The molecule has 9 heteroatoms. The molecule has 2 aromatic heterocycles. The third-order valence-corrected chi connectivity index (χ3v) is 7.18. The first-order valence-electron chi connectivity index (χ1n) is 11.8. The highest BCUT2D eigenvalue weighted by molar-refractivity contribution is 5.92. The van der Waals surface area contributed by atoms with Crippen molar-refractivity contribution in [3.63, 3.8) is 0 Å². The summed E-state index contributed by atoms with van der Waals surface area (Å²) < 4.78 is 6.79. The van der Waals surface area contributed by atoms with Crippen LogP contribution < -0.4 is 15.9 Å². The Morgan fingerprint density at radius 1 is 1.24 bits per heavy atom. The molecule has 34 heavy (non-hydrogen) atoms. The van der Waals surface area contributed by atoms with E-state index in [-0.39, 0.29) is 16.5 Å². The molecular formula is C25H34N6O3. The number of hydrogen-bond donors (Lipinski definition) is 3. The van der Waals surface area contributed by atoms with Gasteiger partial charge in [0.2, 0.25) is 0 Å². The number of benzene rings is 1. The summed E-state index contributed by atoms with van der Waals surface area (Å²) >= 11 is 0. The average Bonchev–Trinajstić information content (AvgIpc) is 3.39. The summed E-state index contributed by atoms with van der Waals surface area (Å²) in [5.41, 5.74) is 6.56. The standard InChI is InChI=1S/C25H34N6O3/c1-16-10-13-25(4,14-11-16)24(27-23(32)21-12-15-26-30(21)5)31(33)28-20-8-6-19(7-9-20)22-17(2)29-34-18(22)3/h6-9,12,15-16,24,28,31H,10-11,13-14H2,1-5H3,(H,27,32)/t16?,24-,25?/m1/s1. The molecule has 1 aliphatic carbocycles. The molecule has 9 nitrogen and oxygen atoms in total. The van der Waals surface area contributed by atoms with Crippen LogP contribution in [0.5, 0.6) is 0 Å². The molecule has 0 spiro atoms. The Morgan fingerprint density at radius 3 is 2.47 bits per heavy atom. The minimum Gasteiger partial charge on any atom is -0.606 e. The molecule has 0 bridgehead atoms. The lowest BCUT2D eigenvalue weighted by Gasteiger charge is -2.45. The smallest absolute Gasteiger partial charge is 0.274 e. The van der Waals surface area contributed by atoms with Crippen LogP contribution in [0.1, 0.15) is 61.5 Å². The van der Waals surface area contributed by atoms with Crippen LogP contribution in [0, 0.1) is 30.4 Å². The molecule has 182 valence electrons.